The molecule has 0 aliphatic heterocycles. The van der Waals surface area contributed by atoms with Crippen molar-refractivity contribution < 1.29 is 22.8 Å². The number of carbonyl (C=O) groups is 2. The van der Waals surface area contributed by atoms with E-state index in [9.17, 15) is 18.4 Å². The van der Waals surface area contributed by atoms with Gasteiger partial charge in [-0.25, -0.2) is 27.9 Å². The Hall–Kier alpha value is -4.77. The van der Waals surface area contributed by atoms with Crippen molar-refractivity contribution in [3.05, 3.63) is 107 Å². The van der Waals surface area contributed by atoms with Crippen molar-refractivity contribution in [2.24, 2.45) is 0 Å². The Labute approximate surface area is 211 Å². The highest BCUT2D eigenvalue weighted by molar-refractivity contribution is 6.30. The van der Waals surface area contributed by atoms with Gasteiger partial charge in [0.1, 0.15) is 18.0 Å². The molecule has 0 aliphatic rings. The van der Waals surface area contributed by atoms with Crippen LogP contribution in [0.4, 0.5) is 29.3 Å². The Kier molecular flexibility index (Phi) is 6.28. The van der Waals surface area contributed by atoms with Gasteiger partial charge in [0, 0.05) is 23.6 Å². The zero-order chi connectivity index (χ0) is 26.1. The van der Waals surface area contributed by atoms with Crippen LogP contribution in [-0.4, -0.2) is 31.3 Å². The number of aromatic nitrogens is 4. The Morgan fingerprint density at radius 1 is 0.919 bits per heavy atom. The number of hydrogen-bond acceptors (Lipinski definition) is 5. The minimum absolute atomic E-state index is 0.0411. The Morgan fingerprint density at radius 2 is 1.76 bits per heavy atom. The van der Waals surface area contributed by atoms with Crippen molar-refractivity contribution in [2.45, 2.75) is 0 Å². The summed E-state index contributed by atoms with van der Waals surface area (Å²) in [5.74, 6) is -3.69. The van der Waals surface area contributed by atoms with Crippen molar-refractivity contribution in [2.75, 3.05) is 10.6 Å². The van der Waals surface area contributed by atoms with Gasteiger partial charge in [-0.15, -0.1) is 0 Å². The van der Waals surface area contributed by atoms with Gasteiger partial charge in [0.15, 0.2) is 17.4 Å². The van der Waals surface area contributed by atoms with Crippen LogP contribution in [0.5, 0.6) is 0 Å². The van der Waals surface area contributed by atoms with Gasteiger partial charge >= 0.3 is 6.03 Å². The summed E-state index contributed by atoms with van der Waals surface area (Å²) < 4.78 is 45.1. The number of benzene rings is 3. The number of imidazole rings is 1. The van der Waals surface area contributed by atoms with Crippen LogP contribution in [-0.2, 0) is 0 Å². The number of urea groups is 1. The topological polar surface area (TPSA) is 102 Å². The molecule has 0 saturated carbocycles. The quantitative estimate of drug-likeness (QED) is 0.286. The van der Waals surface area contributed by atoms with E-state index in [2.05, 4.69) is 25.6 Å². The Balaban J connectivity index is 1.43. The number of carbonyl (C=O) groups excluding carboxylic acids is 2. The summed E-state index contributed by atoms with van der Waals surface area (Å²) in [5, 5.41) is 4.35. The average Bonchev–Trinajstić information content (AvgIpc) is 3.42. The van der Waals surface area contributed by atoms with Gasteiger partial charge in [0.25, 0.3) is 0 Å². The third kappa shape index (κ3) is 4.84. The first kappa shape index (κ1) is 23.9. The molecule has 0 aliphatic carbocycles. The minimum Gasteiger partial charge on any atom is -0.308 e. The number of nitrogens with zero attached hydrogens (tertiary/aromatic N) is 4. The molecule has 5 rings (SSSR count). The number of anilines is 2. The Bertz CT molecular complexity index is 1680. The molecule has 0 radical (unpaired) electrons. The monoisotopic (exact) mass is 522 g/mol. The van der Waals surface area contributed by atoms with Crippen LogP contribution in [0, 0.1) is 17.5 Å². The molecule has 8 nitrogen and oxygen atoms in total. The summed E-state index contributed by atoms with van der Waals surface area (Å²) in [6.45, 7) is 0. The molecule has 0 saturated heterocycles. The maximum atomic E-state index is 15.2. The molecular weight excluding hydrogens is 509 g/mol. The van der Waals surface area contributed by atoms with Gasteiger partial charge in [-0.3, -0.25) is 14.3 Å². The smallest absolute Gasteiger partial charge is 0.308 e. The van der Waals surface area contributed by atoms with E-state index in [-0.39, 0.29) is 16.3 Å². The Morgan fingerprint density at radius 3 is 2.51 bits per heavy atom. The SMILES string of the molecule is O=C(Nc1ccc(Cl)c(F)c1)Nc1ccc(F)c(C(=O)c2ccc3ncc(-n4ccnc4)nc3c2)c1F. The molecule has 3 aromatic carbocycles. The second-order valence-electron chi connectivity index (χ2n) is 7.72. The lowest BCUT2D eigenvalue weighted by molar-refractivity contribution is 0.103. The summed E-state index contributed by atoms with van der Waals surface area (Å²) in [6, 6.07) is 8.65. The molecule has 5 aromatic rings. The largest absolute Gasteiger partial charge is 0.323 e. The van der Waals surface area contributed by atoms with E-state index < -0.39 is 40.5 Å². The lowest BCUT2D eigenvalue weighted by atomic mass is 10.0. The molecule has 2 aromatic heterocycles. The molecule has 37 heavy (non-hydrogen) atoms. The molecular formula is C25H14ClF3N6O2. The molecule has 0 bridgehead atoms. The van der Waals surface area contributed by atoms with Crippen LogP contribution in [0.25, 0.3) is 16.9 Å². The predicted molar refractivity (Wildman–Crippen MR) is 131 cm³/mol. The molecule has 0 spiro atoms. The van der Waals surface area contributed by atoms with Crippen LogP contribution in [0.2, 0.25) is 5.02 Å². The average molecular weight is 523 g/mol. The van der Waals surface area contributed by atoms with Gasteiger partial charge in [-0.1, -0.05) is 11.6 Å². The van der Waals surface area contributed by atoms with Crippen molar-refractivity contribution >= 4 is 45.8 Å². The molecule has 0 unspecified atom stereocenters. The van der Waals surface area contributed by atoms with E-state index in [0.717, 1.165) is 18.2 Å². The van der Waals surface area contributed by atoms with Gasteiger partial charge in [-0.2, -0.15) is 0 Å². The zero-order valence-electron chi connectivity index (χ0n) is 18.5. The second kappa shape index (κ2) is 9.70. The summed E-state index contributed by atoms with van der Waals surface area (Å²) in [5.41, 5.74) is -0.534. The summed E-state index contributed by atoms with van der Waals surface area (Å²) >= 11 is 5.61. The normalized spacial score (nSPS) is 10.9. The zero-order valence-corrected chi connectivity index (χ0v) is 19.3. The standard InChI is InChI=1S/C25H14ClF3N6O2/c26-15-3-2-14(10-17(15)28)32-25(37)34-19-6-4-16(27)22(23(19)29)24(36)13-1-5-18-20(9-13)33-21(11-31-18)35-8-7-30-12-35/h1-12H,(H2,32,34,37). The molecule has 12 heteroatoms. The van der Waals surface area contributed by atoms with E-state index >= 15 is 4.39 Å². The van der Waals surface area contributed by atoms with Gasteiger partial charge in [0.05, 0.1) is 33.5 Å². The fourth-order valence-corrected chi connectivity index (χ4v) is 3.64. The number of amides is 2. The van der Waals surface area contributed by atoms with Crippen LogP contribution < -0.4 is 10.6 Å². The number of fused-ring (bicyclic) bond motifs is 1. The maximum Gasteiger partial charge on any atom is 0.323 e. The fraction of sp³-hybridized carbons (Fsp3) is 0. The number of rotatable bonds is 5. The highest BCUT2D eigenvalue weighted by Crippen LogP contribution is 2.26. The van der Waals surface area contributed by atoms with Crippen molar-refractivity contribution in [1.29, 1.82) is 0 Å². The van der Waals surface area contributed by atoms with E-state index in [1.54, 1.807) is 17.0 Å². The summed E-state index contributed by atoms with van der Waals surface area (Å²) in [6.07, 6.45) is 6.26. The van der Waals surface area contributed by atoms with Gasteiger partial charge in [-0.05, 0) is 48.5 Å². The fourth-order valence-electron chi connectivity index (χ4n) is 3.52. The molecule has 184 valence electrons. The summed E-state index contributed by atoms with van der Waals surface area (Å²) in [7, 11) is 0. The third-order valence-electron chi connectivity index (χ3n) is 5.30. The number of hydrogen-bond donors (Lipinski definition) is 2. The molecule has 0 fully saturated rings. The van der Waals surface area contributed by atoms with Gasteiger partial charge in [0.2, 0.25) is 0 Å². The van der Waals surface area contributed by atoms with Crippen LogP contribution in [0.15, 0.2) is 73.4 Å². The number of halogens is 4. The van der Waals surface area contributed by atoms with Crippen molar-refractivity contribution in [1.82, 2.24) is 19.5 Å². The maximum absolute atomic E-state index is 15.2. The van der Waals surface area contributed by atoms with Crippen molar-refractivity contribution in [3.63, 3.8) is 0 Å². The highest BCUT2D eigenvalue weighted by atomic mass is 35.5. The van der Waals surface area contributed by atoms with E-state index in [0.29, 0.717) is 16.9 Å². The molecule has 2 heterocycles. The summed E-state index contributed by atoms with van der Waals surface area (Å²) in [4.78, 5) is 38.1. The van der Waals surface area contributed by atoms with Crippen molar-refractivity contribution in [3.8, 4) is 5.82 Å². The van der Waals surface area contributed by atoms with Crippen LogP contribution in [0.1, 0.15) is 15.9 Å². The van der Waals surface area contributed by atoms with Crippen LogP contribution in [0.3, 0.4) is 0 Å². The first-order chi connectivity index (χ1) is 17.8. The lowest BCUT2D eigenvalue weighted by Gasteiger charge is -2.12. The number of ketones is 1. The highest BCUT2D eigenvalue weighted by Gasteiger charge is 2.23. The predicted octanol–water partition coefficient (Wildman–Crippen LogP) is 5.76. The molecule has 2 amide bonds. The second-order valence-corrected chi connectivity index (χ2v) is 8.13. The first-order valence-electron chi connectivity index (χ1n) is 10.6. The third-order valence-corrected chi connectivity index (χ3v) is 5.61. The molecule has 0 atom stereocenters. The molecule has 2 N–H and O–H groups in total. The van der Waals surface area contributed by atoms with E-state index in [1.165, 1.54) is 42.9 Å². The lowest BCUT2D eigenvalue weighted by Crippen LogP contribution is -2.21. The van der Waals surface area contributed by atoms with Crippen LogP contribution >= 0.6 is 11.6 Å². The van der Waals surface area contributed by atoms with E-state index in [4.69, 9.17) is 11.6 Å². The first-order valence-corrected chi connectivity index (χ1v) is 11.0. The number of nitrogens with one attached hydrogen (secondary N) is 2. The minimum atomic E-state index is -1.28. The van der Waals surface area contributed by atoms with E-state index in [1.807, 2.05) is 0 Å². The van der Waals surface area contributed by atoms with Gasteiger partial charge < -0.3 is 10.6 Å².